The molecule has 0 saturated carbocycles. The molecule has 4 rings (SSSR count). The van der Waals surface area contributed by atoms with Gasteiger partial charge in [0.15, 0.2) is 11.5 Å². The van der Waals surface area contributed by atoms with Crippen molar-refractivity contribution in [3.8, 4) is 0 Å². The topological polar surface area (TPSA) is 116 Å². The highest BCUT2D eigenvalue weighted by molar-refractivity contribution is 6.30. The average Bonchev–Trinajstić information content (AvgIpc) is 2.85. The Kier molecular flexibility index (Phi) is 7.57. The van der Waals surface area contributed by atoms with Crippen molar-refractivity contribution in [3.05, 3.63) is 82.8 Å². The molecule has 180 valence electrons. The summed E-state index contributed by atoms with van der Waals surface area (Å²) in [5, 5.41) is 8.99. The van der Waals surface area contributed by atoms with E-state index in [1.165, 1.54) is 12.4 Å². The minimum atomic E-state index is -0.431. The molecule has 0 aliphatic carbocycles. The molecule has 0 unspecified atom stereocenters. The van der Waals surface area contributed by atoms with Crippen LogP contribution in [0.4, 0.5) is 16.3 Å². The molecule has 3 N–H and O–H groups in total. The maximum atomic E-state index is 12.9. The Balaban J connectivity index is 1.32. The number of likely N-dealkylation sites (tertiary alicyclic amines) is 1. The Morgan fingerprint density at radius 1 is 0.943 bits per heavy atom. The molecular formula is C25H25ClN6O3. The Morgan fingerprint density at radius 3 is 2.37 bits per heavy atom. The minimum absolute atomic E-state index is 0.0362. The van der Waals surface area contributed by atoms with Crippen molar-refractivity contribution < 1.29 is 14.4 Å². The SMILES string of the molecule is Cc1ccc(C(=O)Nc2nccnc2C(=O)NC2CCN(C(=O)Nc3cccc(Cl)c3)CC2)cc1. The lowest BCUT2D eigenvalue weighted by Gasteiger charge is -2.32. The summed E-state index contributed by atoms with van der Waals surface area (Å²) in [6.07, 6.45) is 3.98. The summed E-state index contributed by atoms with van der Waals surface area (Å²) in [7, 11) is 0. The third-order valence-electron chi connectivity index (χ3n) is 5.65. The number of aryl methyl sites for hydroxylation is 1. The van der Waals surface area contributed by atoms with Gasteiger partial charge in [-0.2, -0.15) is 0 Å². The largest absolute Gasteiger partial charge is 0.348 e. The molecule has 9 nitrogen and oxygen atoms in total. The molecule has 1 aliphatic rings. The lowest BCUT2D eigenvalue weighted by atomic mass is 10.1. The number of benzene rings is 2. The second-order valence-corrected chi connectivity index (χ2v) is 8.69. The fourth-order valence-electron chi connectivity index (χ4n) is 3.73. The first-order valence-electron chi connectivity index (χ1n) is 11.2. The Bertz CT molecular complexity index is 1230. The monoisotopic (exact) mass is 492 g/mol. The highest BCUT2D eigenvalue weighted by Crippen LogP contribution is 2.18. The molecule has 0 spiro atoms. The fourth-order valence-corrected chi connectivity index (χ4v) is 3.92. The second kappa shape index (κ2) is 11.0. The highest BCUT2D eigenvalue weighted by atomic mass is 35.5. The average molecular weight is 493 g/mol. The van der Waals surface area contributed by atoms with Gasteiger partial charge in [0.1, 0.15) is 0 Å². The van der Waals surface area contributed by atoms with Crippen LogP contribution < -0.4 is 16.0 Å². The number of hydrogen-bond acceptors (Lipinski definition) is 5. The van der Waals surface area contributed by atoms with Crippen molar-refractivity contribution >= 4 is 41.0 Å². The van der Waals surface area contributed by atoms with Crippen molar-refractivity contribution in [1.29, 1.82) is 0 Å². The molecule has 1 aromatic heterocycles. The summed E-state index contributed by atoms with van der Waals surface area (Å²) in [5.41, 5.74) is 2.15. The predicted octanol–water partition coefficient (Wildman–Crippen LogP) is 4.12. The van der Waals surface area contributed by atoms with Crippen LogP contribution in [-0.2, 0) is 0 Å². The number of anilines is 2. The van der Waals surface area contributed by atoms with Gasteiger partial charge in [-0.05, 0) is 50.1 Å². The van der Waals surface area contributed by atoms with Crippen LogP contribution in [0.3, 0.4) is 0 Å². The number of piperidine rings is 1. The quantitative estimate of drug-likeness (QED) is 0.495. The Morgan fingerprint density at radius 2 is 1.66 bits per heavy atom. The van der Waals surface area contributed by atoms with Gasteiger partial charge in [-0.15, -0.1) is 0 Å². The van der Waals surface area contributed by atoms with E-state index >= 15 is 0 Å². The lowest BCUT2D eigenvalue weighted by molar-refractivity contribution is 0.0915. The molecule has 0 bridgehead atoms. The molecule has 1 aliphatic heterocycles. The van der Waals surface area contributed by atoms with Crippen LogP contribution in [0.25, 0.3) is 0 Å². The minimum Gasteiger partial charge on any atom is -0.348 e. The van der Waals surface area contributed by atoms with Crippen molar-refractivity contribution in [3.63, 3.8) is 0 Å². The van der Waals surface area contributed by atoms with Crippen LogP contribution in [0.5, 0.6) is 0 Å². The van der Waals surface area contributed by atoms with E-state index in [9.17, 15) is 14.4 Å². The predicted molar refractivity (Wildman–Crippen MR) is 134 cm³/mol. The van der Waals surface area contributed by atoms with Crippen LogP contribution in [-0.4, -0.2) is 51.8 Å². The fraction of sp³-hybridized carbons (Fsp3) is 0.240. The smallest absolute Gasteiger partial charge is 0.321 e. The maximum absolute atomic E-state index is 12.9. The third kappa shape index (κ3) is 6.33. The van der Waals surface area contributed by atoms with Crippen molar-refractivity contribution in [1.82, 2.24) is 20.2 Å². The van der Waals surface area contributed by atoms with E-state index in [1.54, 1.807) is 41.3 Å². The zero-order valence-corrected chi connectivity index (χ0v) is 19.9. The van der Waals surface area contributed by atoms with Gasteiger partial charge in [-0.25, -0.2) is 14.8 Å². The number of carbonyl (C=O) groups excluding carboxylic acids is 3. The number of amides is 4. The maximum Gasteiger partial charge on any atom is 0.321 e. The molecule has 2 heterocycles. The zero-order valence-electron chi connectivity index (χ0n) is 19.1. The van der Waals surface area contributed by atoms with Gasteiger partial charge >= 0.3 is 6.03 Å². The van der Waals surface area contributed by atoms with Crippen LogP contribution in [0.1, 0.15) is 39.3 Å². The summed E-state index contributed by atoms with van der Waals surface area (Å²) in [4.78, 5) is 48.0. The first-order valence-corrected chi connectivity index (χ1v) is 11.6. The van der Waals surface area contributed by atoms with Crippen LogP contribution in [0.2, 0.25) is 5.02 Å². The van der Waals surface area contributed by atoms with Crippen molar-refractivity contribution in [2.45, 2.75) is 25.8 Å². The standard InChI is InChI=1S/C25H25ClN6O3/c1-16-5-7-17(8-6-16)23(33)31-22-21(27-11-12-28-22)24(34)29-19-9-13-32(14-10-19)25(35)30-20-4-2-3-18(26)15-20/h2-8,11-12,15,19H,9-10,13-14H2,1H3,(H,29,34)(H,30,35)(H,28,31,33). The van der Waals surface area contributed by atoms with Gasteiger partial charge in [-0.1, -0.05) is 35.4 Å². The molecule has 1 saturated heterocycles. The summed E-state index contributed by atoms with van der Waals surface area (Å²) in [5.74, 6) is -0.716. The van der Waals surface area contributed by atoms with Crippen LogP contribution in [0.15, 0.2) is 60.9 Å². The van der Waals surface area contributed by atoms with Gasteiger partial charge in [-0.3, -0.25) is 9.59 Å². The lowest BCUT2D eigenvalue weighted by Crippen LogP contribution is -2.48. The van der Waals surface area contributed by atoms with Gasteiger partial charge in [0.2, 0.25) is 0 Å². The number of nitrogens with one attached hydrogen (secondary N) is 3. The van der Waals surface area contributed by atoms with E-state index in [0.717, 1.165) is 5.56 Å². The summed E-state index contributed by atoms with van der Waals surface area (Å²) < 4.78 is 0. The van der Waals surface area contributed by atoms with Gasteiger partial charge in [0.05, 0.1) is 0 Å². The normalized spacial score (nSPS) is 13.7. The molecule has 4 amide bonds. The number of hydrogen-bond donors (Lipinski definition) is 3. The van der Waals surface area contributed by atoms with E-state index in [1.807, 2.05) is 19.1 Å². The Labute approximate surface area is 207 Å². The van der Waals surface area contributed by atoms with E-state index in [2.05, 4.69) is 25.9 Å². The molecule has 3 aromatic rings. The summed E-state index contributed by atoms with van der Waals surface area (Å²) in [6, 6.07) is 13.7. The number of nitrogens with zero attached hydrogens (tertiary/aromatic N) is 3. The molecule has 35 heavy (non-hydrogen) atoms. The number of urea groups is 1. The summed E-state index contributed by atoms with van der Waals surface area (Å²) >= 11 is 5.97. The van der Waals surface area contributed by atoms with Gasteiger partial charge < -0.3 is 20.9 Å². The van der Waals surface area contributed by atoms with Gasteiger partial charge in [0, 0.05) is 47.8 Å². The molecule has 0 atom stereocenters. The van der Waals surface area contributed by atoms with Crippen molar-refractivity contribution in [2.24, 2.45) is 0 Å². The molecule has 2 aromatic carbocycles. The van der Waals surface area contributed by atoms with E-state index in [4.69, 9.17) is 11.6 Å². The molecular weight excluding hydrogens is 468 g/mol. The van der Waals surface area contributed by atoms with Crippen molar-refractivity contribution in [2.75, 3.05) is 23.7 Å². The number of carbonyl (C=O) groups is 3. The van der Waals surface area contributed by atoms with Crippen LogP contribution in [0, 0.1) is 6.92 Å². The Hall–Kier alpha value is -3.98. The number of aromatic nitrogens is 2. The van der Waals surface area contributed by atoms with E-state index in [0.29, 0.717) is 42.2 Å². The molecule has 10 heteroatoms. The first kappa shape index (κ1) is 24.2. The van der Waals surface area contributed by atoms with Crippen LogP contribution >= 0.6 is 11.6 Å². The van der Waals surface area contributed by atoms with E-state index < -0.39 is 5.91 Å². The molecule has 0 radical (unpaired) electrons. The number of rotatable bonds is 5. The van der Waals surface area contributed by atoms with E-state index in [-0.39, 0.29) is 29.5 Å². The van der Waals surface area contributed by atoms with Gasteiger partial charge in [0.25, 0.3) is 11.8 Å². The third-order valence-corrected chi connectivity index (χ3v) is 5.89. The molecule has 1 fully saturated rings. The zero-order chi connectivity index (χ0) is 24.8. The number of halogens is 1. The summed E-state index contributed by atoms with van der Waals surface area (Å²) in [6.45, 7) is 2.90. The highest BCUT2D eigenvalue weighted by Gasteiger charge is 2.26. The first-order chi connectivity index (χ1) is 16.9. The second-order valence-electron chi connectivity index (χ2n) is 8.25.